The van der Waals surface area contributed by atoms with Crippen molar-refractivity contribution in [2.45, 2.75) is 31.8 Å². The van der Waals surface area contributed by atoms with Crippen LogP contribution in [0.15, 0.2) is 0 Å². The monoisotopic (exact) mass is 208 g/mol. The van der Waals surface area contributed by atoms with Gasteiger partial charge in [-0.2, -0.15) is 0 Å². The fraction of sp³-hybridized carbons (Fsp3) is 1.00. The Bertz CT molecular complexity index is 265. The van der Waals surface area contributed by atoms with Crippen molar-refractivity contribution >= 4 is 0 Å². The first-order valence-corrected chi connectivity index (χ1v) is 6.63. The van der Waals surface area contributed by atoms with E-state index in [9.17, 15) is 0 Å². The Labute approximate surface area is 91.3 Å². The average Bonchev–Trinajstić information content (AvgIpc) is 2.87. The Morgan fingerprint density at radius 2 is 1.87 bits per heavy atom. The van der Waals surface area contributed by atoms with E-state index < -0.39 is 0 Å². The van der Waals surface area contributed by atoms with Crippen LogP contribution >= 0.6 is 0 Å². The molecular weight excluding hydrogens is 188 g/mol. The summed E-state index contributed by atoms with van der Waals surface area (Å²) in [7, 11) is 0. The molecule has 2 aliphatic carbocycles. The Balaban J connectivity index is 1.67. The first kappa shape index (κ1) is 9.00. The van der Waals surface area contributed by atoms with Gasteiger partial charge in [0, 0.05) is 6.61 Å². The molecule has 4 aliphatic rings. The van der Waals surface area contributed by atoms with Gasteiger partial charge in [-0.25, -0.2) is 0 Å². The molecule has 0 spiro atoms. The van der Waals surface area contributed by atoms with Gasteiger partial charge >= 0.3 is 0 Å². The highest BCUT2D eigenvalue weighted by Crippen LogP contribution is 2.54. The average molecular weight is 208 g/mol. The Morgan fingerprint density at radius 1 is 0.867 bits per heavy atom. The zero-order valence-electron chi connectivity index (χ0n) is 9.23. The Hall–Kier alpha value is -0.0800. The molecule has 0 N–H and O–H groups in total. The van der Waals surface area contributed by atoms with Crippen molar-refractivity contribution in [2.75, 3.05) is 19.8 Å². The first-order chi connectivity index (χ1) is 7.43. The summed E-state index contributed by atoms with van der Waals surface area (Å²) >= 11 is 0. The van der Waals surface area contributed by atoms with Gasteiger partial charge in [0.15, 0.2) is 0 Å². The molecule has 0 aromatic rings. The van der Waals surface area contributed by atoms with Gasteiger partial charge in [-0.15, -0.1) is 0 Å². The standard InChI is InChI=1S/C13H20O2/c1-2-8-6-15-12-4-9-5-14-7-11(9)10(3-1)13(8)12/h8-13H,1-7H2. The molecule has 84 valence electrons. The van der Waals surface area contributed by atoms with Gasteiger partial charge in [-0.3, -0.25) is 0 Å². The summed E-state index contributed by atoms with van der Waals surface area (Å²) in [4.78, 5) is 0. The van der Waals surface area contributed by atoms with Crippen molar-refractivity contribution in [1.29, 1.82) is 0 Å². The van der Waals surface area contributed by atoms with Gasteiger partial charge in [0.1, 0.15) is 0 Å². The lowest BCUT2D eigenvalue weighted by Gasteiger charge is -2.45. The summed E-state index contributed by atoms with van der Waals surface area (Å²) in [5.41, 5.74) is 0. The molecule has 0 radical (unpaired) electrons. The van der Waals surface area contributed by atoms with Crippen molar-refractivity contribution in [3.63, 3.8) is 0 Å². The molecule has 2 aliphatic heterocycles. The van der Waals surface area contributed by atoms with Crippen molar-refractivity contribution in [1.82, 2.24) is 0 Å². The molecule has 6 unspecified atom stereocenters. The molecule has 4 rings (SSSR count). The zero-order chi connectivity index (χ0) is 9.83. The summed E-state index contributed by atoms with van der Waals surface area (Å²) in [5, 5.41) is 0. The fourth-order valence-electron chi connectivity index (χ4n) is 4.84. The molecule has 0 aromatic heterocycles. The van der Waals surface area contributed by atoms with Crippen molar-refractivity contribution < 1.29 is 9.47 Å². The SMILES string of the molecule is C1CC2COC3CC4COCC4C(C1)C23. The zero-order valence-corrected chi connectivity index (χ0v) is 9.23. The normalized spacial score (nSPS) is 57.6. The second-order valence-corrected chi connectivity index (χ2v) is 6.00. The van der Waals surface area contributed by atoms with Gasteiger partial charge in [0.25, 0.3) is 0 Å². The summed E-state index contributed by atoms with van der Waals surface area (Å²) in [6.45, 7) is 3.12. The molecule has 15 heavy (non-hydrogen) atoms. The topological polar surface area (TPSA) is 18.5 Å². The van der Waals surface area contributed by atoms with E-state index >= 15 is 0 Å². The number of ether oxygens (including phenoxy) is 2. The predicted octanol–water partition coefficient (Wildman–Crippen LogP) is 2.08. The molecule has 6 atom stereocenters. The molecule has 0 bridgehead atoms. The van der Waals surface area contributed by atoms with E-state index in [4.69, 9.17) is 9.47 Å². The largest absolute Gasteiger partial charge is 0.381 e. The highest BCUT2D eigenvalue weighted by atomic mass is 16.5. The van der Waals surface area contributed by atoms with Gasteiger partial charge in [-0.05, 0) is 48.9 Å². The first-order valence-electron chi connectivity index (χ1n) is 6.63. The lowest BCUT2D eigenvalue weighted by Crippen LogP contribution is -2.44. The van der Waals surface area contributed by atoms with Crippen molar-refractivity contribution in [3.05, 3.63) is 0 Å². The summed E-state index contributed by atoms with van der Waals surface area (Å²) in [6, 6.07) is 0. The quantitative estimate of drug-likeness (QED) is 0.607. The van der Waals surface area contributed by atoms with Crippen LogP contribution < -0.4 is 0 Å². The van der Waals surface area contributed by atoms with Crippen LogP contribution in [0.4, 0.5) is 0 Å². The van der Waals surface area contributed by atoms with E-state index in [2.05, 4.69) is 0 Å². The van der Waals surface area contributed by atoms with Gasteiger partial charge in [0.2, 0.25) is 0 Å². The summed E-state index contributed by atoms with van der Waals surface area (Å²) in [5.74, 6) is 4.46. The van der Waals surface area contributed by atoms with E-state index in [1.54, 1.807) is 0 Å². The maximum absolute atomic E-state index is 6.02. The van der Waals surface area contributed by atoms with Crippen LogP contribution in [0.3, 0.4) is 0 Å². The summed E-state index contributed by atoms with van der Waals surface area (Å²) in [6.07, 6.45) is 6.21. The van der Waals surface area contributed by atoms with Crippen LogP contribution in [0.5, 0.6) is 0 Å². The predicted molar refractivity (Wildman–Crippen MR) is 56.5 cm³/mol. The van der Waals surface area contributed by atoms with E-state index in [-0.39, 0.29) is 0 Å². The minimum absolute atomic E-state index is 0.600. The Morgan fingerprint density at radius 3 is 2.87 bits per heavy atom. The number of rotatable bonds is 0. The lowest BCUT2D eigenvalue weighted by atomic mass is 9.59. The molecule has 2 saturated carbocycles. The number of fused-ring (bicyclic) bond motifs is 2. The molecule has 2 heteroatoms. The second kappa shape index (κ2) is 3.21. The van der Waals surface area contributed by atoms with E-state index in [1.807, 2.05) is 0 Å². The third-order valence-corrected chi connectivity index (χ3v) is 5.44. The van der Waals surface area contributed by atoms with Crippen LogP contribution in [0, 0.1) is 29.6 Å². The second-order valence-electron chi connectivity index (χ2n) is 6.00. The minimum atomic E-state index is 0.600. The van der Waals surface area contributed by atoms with E-state index in [0.717, 1.165) is 49.4 Å². The number of hydrogen-bond acceptors (Lipinski definition) is 2. The van der Waals surface area contributed by atoms with E-state index in [0.29, 0.717) is 6.10 Å². The van der Waals surface area contributed by atoms with Crippen LogP contribution in [-0.4, -0.2) is 25.9 Å². The molecule has 4 fully saturated rings. The fourth-order valence-corrected chi connectivity index (χ4v) is 4.84. The number of hydrogen-bond donors (Lipinski definition) is 0. The Kier molecular flexibility index (Phi) is 1.92. The molecule has 2 nitrogen and oxygen atoms in total. The van der Waals surface area contributed by atoms with Crippen LogP contribution in [0.25, 0.3) is 0 Å². The third kappa shape index (κ3) is 1.18. The van der Waals surface area contributed by atoms with Gasteiger partial charge < -0.3 is 9.47 Å². The highest BCUT2D eigenvalue weighted by Gasteiger charge is 2.53. The van der Waals surface area contributed by atoms with Gasteiger partial charge in [-0.1, -0.05) is 6.42 Å². The smallest absolute Gasteiger partial charge is 0.0613 e. The maximum atomic E-state index is 6.02. The lowest BCUT2D eigenvalue weighted by molar-refractivity contribution is -0.0116. The molecule has 0 aromatic carbocycles. The van der Waals surface area contributed by atoms with E-state index in [1.165, 1.54) is 25.7 Å². The van der Waals surface area contributed by atoms with Crippen LogP contribution in [0.1, 0.15) is 25.7 Å². The molecule has 2 heterocycles. The summed E-state index contributed by atoms with van der Waals surface area (Å²) < 4.78 is 11.7. The maximum Gasteiger partial charge on any atom is 0.0613 e. The molecule has 0 amide bonds. The third-order valence-electron chi connectivity index (χ3n) is 5.44. The van der Waals surface area contributed by atoms with Gasteiger partial charge in [0.05, 0.1) is 19.3 Å². The van der Waals surface area contributed by atoms with Crippen LogP contribution in [-0.2, 0) is 9.47 Å². The highest BCUT2D eigenvalue weighted by molar-refractivity contribution is 5.01. The van der Waals surface area contributed by atoms with Crippen LogP contribution in [0.2, 0.25) is 0 Å². The van der Waals surface area contributed by atoms with Crippen molar-refractivity contribution in [3.8, 4) is 0 Å². The molecule has 2 saturated heterocycles. The van der Waals surface area contributed by atoms with Crippen molar-refractivity contribution in [2.24, 2.45) is 29.6 Å². The minimum Gasteiger partial charge on any atom is -0.381 e. The molecular formula is C13H20O2.